The van der Waals surface area contributed by atoms with Gasteiger partial charge in [-0.05, 0) is 18.9 Å². The Morgan fingerprint density at radius 3 is 2.29 bits per heavy atom. The van der Waals surface area contributed by atoms with Crippen LogP contribution in [0.25, 0.3) is 0 Å². The Bertz CT molecular complexity index is 58.6. The number of hydrogen-bond acceptors (Lipinski definition) is 0. The van der Waals surface area contributed by atoms with Crippen LogP contribution in [0.2, 0.25) is 0 Å². The predicted molar refractivity (Wildman–Crippen MR) is 30.0 cm³/mol. The van der Waals surface area contributed by atoms with Gasteiger partial charge in [-0.25, -0.2) is 4.39 Å². The highest BCUT2D eigenvalue weighted by Gasteiger charge is 1.85. The van der Waals surface area contributed by atoms with E-state index in [9.17, 15) is 4.39 Å². The molecule has 0 aromatic heterocycles. The van der Waals surface area contributed by atoms with Gasteiger partial charge in [-0.3, -0.25) is 0 Å². The second-order valence-corrected chi connectivity index (χ2v) is 1.43. The topological polar surface area (TPSA) is 0 Å². The first-order valence-corrected chi connectivity index (χ1v) is 2.55. The molecule has 0 rings (SSSR count). The maximum atomic E-state index is 11.6. The molecule has 0 spiro atoms. The van der Waals surface area contributed by atoms with Crippen molar-refractivity contribution in [3.8, 4) is 0 Å². The Balaban J connectivity index is 3.38. The van der Waals surface area contributed by atoms with E-state index in [-0.39, 0.29) is 6.67 Å². The SMILES string of the molecule is CC=C(CC)CF. The van der Waals surface area contributed by atoms with E-state index in [1.165, 1.54) is 0 Å². The van der Waals surface area contributed by atoms with Crippen molar-refractivity contribution < 1.29 is 4.39 Å². The molecule has 0 heterocycles. The van der Waals surface area contributed by atoms with Gasteiger partial charge in [-0.2, -0.15) is 0 Å². The molecule has 0 saturated carbocycles. The van der Waals surface area contributed by atoms with Crippen molar-refractivity contribution in [3.63, 3.8) is 0 Å². The summed E-state index contributed by atoms with van der Waals surface area (Å²) in [5, 5.41) is 0. The van der Waals surface area contributed by atoms with Crippen molar-refractivity contribution >= 4 is 0 Å². The molecule has 0 nitrogen and oxygen atoms in total. The first kappa shape index (κ1) is 6.67. The van der Waals surface area contributed by atoms with E-state index < -0.39 is 0 Å². The smallest absolute Gasteiger partial charge is 0.110 e. The molecule has 42 valence electrons. The van der Waals surface area contributed by atoms with Crippen molar-refractivity contribution in [1.82, 2.24) is 0 Å². The maximum absolute atomic E-state index is 11.6. The zero-order valence-electron chi connectivity index (χ0n) is 4.87. The largest absolute Gasteiger partial charge is 0.246 e. The van der Waals surface area contributed by atoms with Gasteiger partial charge in [0.25, 0.3) is 0 Å². The summed E-state index contributed by atoms with van der Waals surface area (Å²) in [7, 11) is 0. The molecule has 0 aliphatic heterocycles. The van der Waals surface area contributed by atoms with Crippen LogP contribution in [0.1, 0.15) is 20.3 Å². The molecule has 1 heteroatoms. The van der Waals surface area contributed by atoms with Crippen molar-refractivity contribution in [2.75, 3.05) is 6.67 Å². The Labute approximate surface area is 44.0 Å². The molecule has 0 N–H and O–H groups in total. The molecule has 0 aromatic carbocycles. The van der Waals surface area contributed by atoms with Crippen LogP contribution in [0.5, 0.6) is 0 Å². The van der Waals surface area contributed by atoms with E-state index in [1.54, 1.807) is 0 Å². The molecule has 0 atom stereocenters. The molecule has 0 radical (unpaired) electrons. The van der Waals surface area contributed by atoms with E-state index in [1.807, 2.05) is 19.9 Å². The normalized spacial score (nSPS) is 12.1. The lowest BCUT2D eigenvalue weighted by atomic mass is 10.2. The van der Waals surface area contributed by atoms with Crippen molar-refractivity contribution in [3.05, 3.63) is 11.6 Å². The minimum absolute atomic E-state index is 0.285. The summed E-state index contributed by atoms with van der Waals surface area (Å²) in [5.41, 5.74) is 0.889. The van der Waals surface area contributed by atoms with Gasteiger partial charge in [0.1, 0.15) is 6.67 Å². The molecule has 0 bridgehead atoms. The van der Waals surface area contributed by atoms with Crippen LogP contribution >= 0.6 is 0 Å². The highest BCUT2D eigenvalue weighted by atomic mass is 19.1. The van der Waals surface area contributed by atoms with E-state index >= 15 is 0 Å². The van der Waals surface area contributed by atoms with Crippen LogP contribution in [0.4, 0.5) is 4.39 Å². The third-order valence-electron chi connectivity index (χ3n) is 1.03. The highest BCUT2D eigenvalue weighted by molar-refractivity contribution is 4.98. The summed E-state index contributed by atoms with van der Waals surface area (Å²) in [6, 6.07) is 0. The quantitative estimate of drug-likeness (QED) is 0.469. The predicted octanol–water partition coefficient (Wildman–Crippen LogP) is 2.31. The lowest BCUT2D eigenvalue weighted by Gasteiger charge is -1.90. The minimum atomic E-state index is -0.285. The first-order valence-electron chi connectivity index (χ1n) is 2.55. The van der Waals surface area contributed by atoms with Gasteiger partial charge in [0.2, 0.25) is 0 Å². The molecule has 0 amide bonds. The molecule has 0 aliphatic rings. The highest BCUT2D eigenvalue weighted by Crippen LogP contribution is 1.98. The number of hydrogen-bond donors (Lipinski definition) is 0. The van der Waals surface area contributed by atoms with Crippen LogP contribution in [0.3, 0.4) is 0 Å². The average Bonchev–Trinajstić information content (AvgIpc) is 1.72. The Hall–Kier alpha value is -0.330. The molecular weight excluding hydrogens is 91.1 g/mol. The standard InChI is InChI=1S/C6H11F/c1-3-6(4-2)5-7/h3H,4-5H2,1-2H3. The summed E-state index contributed by atoms with van der Waals surface area (Å²) in [6.07, 6.45) is 2.66. The zero-order valence-corrected chi connectivity index (χ0v) is 4.87. The molecule has 0 aliphatic carbocycles. The lowest BCUT2D eigenvalue weighted by molar-refractivity contribution is 0.534. The minimum Gasteiger partial charge on any atom is -0.246 e. The number of allylic oxidation sites excluding steroid dienone is 2. The van der Waals surface area contributed by atoms with Crippen LogP contribution in [0.15, 0.2) is 11.6 Å². The molecular formula is C6H11F. The van der Waals surface area contributed by atoms with Crippen molar-refractivity contribution in [2.45, 2.75) is 20.3 Å². The summed E-state index contributed by atoms with van der Waals surface area (Å²) in [4.78, 5) is 0. The third-order valence-corrected chi connectivity index (χ3v) is 1.03. The second-order valence-electron chi connectivity index (χ2n) is 1.43. The van der Waals surface area contributed by atoms with Gasteiger partial charge >= 0.3 is 0 Å². The van der Waals surface area contributed by atoms with Gasteiger partial charge in [0.05, 0.1) is 0 Å². The van der Waals surface area contributed by atoms with Gasteiger partial charge < -0.3 is 0 Å². The number of alkyl halides is 1. The summed E-state index contributed by atoms with van der Waals surface area (Å²) in [5.74, 6) is 0. The van der Waals surface area contributed by atoms with E-state index in [0.717, 1.165) is 12.0 Å². The summed E-state index contributed by atoms with van der Waals surface area (Å²) in [6.45, 7) is 3.53. The fraction of sp³-hybridized carbons (Fsp3) is 0.667. The van der Waals surface area contributed by atoms with E-state index in [0.29, 0.717) is 0 Å². The Morgan fingerprint density at radius 1 is 1.71 bits per heavy atom. The summed E-state index contributed by atoms with van der Waals surface area (Å²) < 4.78 is 11.6. The second kappa shape index (κ2) is 3.85. The summed E-state index contributed by atoms with van der Waals surface area (Å²) >= 11 is 0. The maximum Gasteiger partial charge on any atom is 0.110 e. The number of rotatable bonds is 2. The fourth-order valence-corrected chi connectivity index (χ4v) is 0.376. The van der Waals surface area contributed by atoms with Gasteiger partial charge in [-0.15, -0.1) is 0 Å². The van der Waals surface area contributed by atoms with Crippen molar-refractivity contribution in [2.24, 2.45) is 0 Å². The number of halogens is 1. The van der Waals surface area contributed by atoms with Crippen LogP contribution in [0, 0.1) is 0 Å². The van der Waals surface area contributed by atoms with E-state index in [4.69, 9.17) is 0 Å². The monoisotopic (exact) mass is 102 g/mol. The van der Waals surface area contributed by atoms with Crippen LogP contribution < -0.4 is 0 Å². The van der Waals surface area contributed by atoms with Gasteiger partial charge in [-0.1, -0.05) is 13.0 Å². The molecule has 0 unspecified atom stereocenters. The zero-order chi connectivity index (χ0) is 5.70. The Morgan fingerprint density at radius 2 is 2.29 bits per heavy atom. The van der Waals surface area contributed by atoms with E-state index in [2.05, 4.69) is 0 Å². The Kier molecular flexibility index (Phi) is 3.67. The molecule has 0 saturated heterocycles. The first-order chi connectivity index (χ1) is 3.35. The fourth-order valence-electron chi connectivity index (χ4n) is 0.376. The van der Waals surface area contributed by atoms with Crippen LogP contribution in [-0.4, -0.2) is 6.67 Å². The third kappa shape index (κ3) is 2.38. The van der Waals surface area contributed by atoms with Crippen molar-refractivity contribution in [1.29, 1.82) is 0 Å². The molecule has 7 heavy (non-hydrogen) atoms. The molecule has 0 fully saturated rings. The average molecular weight is 102 g/mol. The van der Waals surface area contributed by atoms with Gasteiger partial charge in [0.15, 0.2) is 0 Å². The van der Waals surface area contributed by atoms with Crippen LogP contribution in [-0.2, 0) is 0 Å². The van der Waals surface area contributed by atoms with Gasteiger partial charge in [0, 0.05) is 0 Å². The lowest BCUT2D eigenvalue weighted by Crippen LogP contribution is -1.79. The molecule has 0 aromatic rings.